The fourth-order valence-electron chi connectivity index (χ4n) is 5.84. The molecule has 4 atom stereocenters. The lowest BCUT2D eigenvalue weighted by molar-refractivity contribution is -0.119. The van der Waals surface area contributed by atoms with Crippen LogP contribution in [0.3, 0.4) is 0 Å². The van der Waals surface area contributed by atoms with E-state index in [9.17, 15) is 4.79 Å². The van der Waals surface area contributed by atoms with Crippen molar-refractivity contribution in [2.24, 2.45) is 17.6 Å². The molecular formula is C24H30N6OS2. The second-order valence-electron chi connectivity index (χ2n) is 9.80. The van der Waals surface area contributed by atoms with Gasteiger partial charge in [-0.15, -0.1) is 22.7 Å². The predicted molar refractivity (Wildman–Crippen MR) is 134 cm³/mol. The van der Waals surface area contributed by atoms with Crippen LogP contribution in [0.2, 0.25) is 0 Å². The van der Waals surface area contributed by atoms with Crippen molar-refractivity contribution >= 4 is 38.8 Å². The van der Waals surface area contributed by atoms with Crippen molar-refractivity contribution in [3.05, 3.63) is 33.8 Å². The van der Waals surface area contributed by atoms with Crippen LogP contribution < -0.4 is 21.7 Å². The summed E-state index contributed by atoms with van der Waals surface area (Å²) in [6.45, 7) is 5.89. The van der Waals surface area contributed by atoms with Gasteiger partial charge in [-0.25, -0.2) is 4.98 Å². The number of thiazole rings is 1. The molecule has 3 aromatic rings. The van der Waals surface area contributed by atoms with Crippen molar-refractivity contribution in [3.8, 4) is 10.6 Å². The summed E-state index contributed by atoms with van der Waals surface area (Å²) in [5, 5.41) is 11.8. The summed E-state index contributed by atoms with van der Waals surface area (Å²) in [4.78, 5) is 24.3. The normalized spacial score (nSPS) is 27.5. The Morgan fingerprint density at radius 3 is 2.88 bits per heavy atom. The van der Waals surface area contributed by atoms with E-state index in [1.54, 1.807) is 22.7 Å². The van der Waals surface area contributed by atoms with Crippen LogP contribution in [0, 0.1) is 11.8 Å². The van der Waals surface area contributed by atoms with Crippen molar-refractivity contribution in [3.63, 3.8) is 0 Å². The van der Waals surface area contributed by atoms with Crippen LogP contribution in [-0.2, 0) is 17.8 Å². The molecule has 5 heterocycles. The van der Waals surface area contributed by atoms with E-state index in [2.05, 4.69) is 27.9 Å². The number of fused-ring (bicyclic) bond motifs is 3. The standard InChI is InChI=1S/C24H30N6OS2/c1-12-4-16-20(11-28-12)32-22(21(16)24-30-18-10-26-3-2-19(18)33-24)17(23(25)31)9-29-15-5-13-7-27-8-14(13)6-15/h2-3,10,12-15,17,27-29H,4-9,11H2,1H3,(H2,25,31)/t12-,13?,14?,15?,17?/m1/s1. The molecule has 7 nitrogen and oxygen atoms in total. The SMILES string of the molecule is C[C@@H]1Cc2c(sc(C(CNC3CC4CNCC4C3)C(N)=O)c2-c2nc3cnccc3s2)CN1. The summed E-state index contributed by atoms with van der Waals surface area (Å²) in [5.41, 5.74) is 9.41. The highest BCUT2D eigenvalue weighted by atomic mass is 32.1. The number of amides is 1. The number of nitrogens with two attached hydrogens (primary N) is 1. The number of hydrogen-bond acceptors (Lipinski definition) is 8. The molecule has 3 unspecified atom stereocenters. The Balaban J connectivity index is 1.35. The van der Waals surface area contributed by atoms with Gasteiger partial charge in [-0.1, -0.05) is 0 Å². The van der Waals surface area contributed by atoms with Gasteiger partial charge in [-0.05, 0) is 62.7 Å². The second kappa shape index (κ2) is 8.70. The van der Waals surface area contributed by atoms with Gasteiger partial charge in [0.15, 0.2) is 0 Å². The third kappa shape index (κ3) is 4.00. The zero-order valence-corrected chi connectivity index (χ0v) is 20.4. The number of hydrogen-bond donors (Lipinski definition) is 4. The number of pyridine rings is 1. The van der Waals surface area contributed by atoms with Gasteiger partial charge in [0.1, 0.15) is 10.5 Å². The Labute approximate surface area is 201 Å². The highest BCUT2D eigenvalue weighted by Gasteiger charge is 2.38. The molecule has 0 aromatic carbocycles. The van der Waals surface area contributed by atoms with E-state index in [4.69, 9.17) is 10.7 Å². The van der Waals surface area contributed by atoms with Crippen molar-refractivity contribution in [2.75, 3.05) is 19.6 Å². The number of rotatable bonds is 6. The molecule has 3 aromatic heterocycles. The lowest BCUT2D eigenvalue weighted by Crippen LogP contribution is -2.36. The first-order valence-corrected chi connectivity index (χ1v) is 13.5. The van der Waals surface area contributed by atoms with Crippen LogP contribution in [0.1, 0.15) is 41.0 Å². The van der Waals surface area contributed by atoms with Crippen LogP contribution in [0.25, 0.3) is 20.8 Å². The van der Waals surface area contributed by atoms with Gasteiger partial charge >= 0.3 is 0 Å². The van der Waals surface area contributed by atoms with E-state index < -0.39 is 0 Å². The zero-order valence-electron chi connectivity index (χ0n) is 18.8. The van der Waals surface area contributed by atoms with Gasteiger partial charge < -0.3 is 21.7 Å². The Bertz CT molecular complexity index is 1140. The summed E-state index contributed by atoms with van der Waals surface area (Å²) in [7, 11) is 0. The number of nitrogens with one attached hydrogen (secondary N) is 3. The van der Waals surface area contributed by atoms with E-state index >= 15 is 0 Å². The first-order valence-electron chi connectivity index (χ1n) is 11.9. The molecule has 0 spiro atoms. The number of primary amides is 1. The Morgan fingerprint density at radius 2 is 2.12 bits per heavy atom. The maximum absolute atomic E-state index is 12.8. The lowest BCUT2D eigenvalue weighted by atomic mass is 9.94. The van der Waals surface area contributed by atoms with Gasteiger partial charge in [-0.2, -0.15) is 0 Å². The van der Waals surface area contributed by atoms with Gasteiger partial charge in [0.25, 0.3) is 0 Å². The second-order valence-corrected chi connectivity index (χ2v) is 12.0. The fraction of sp³-hybridized carbons (Fsp3) is 0.542. The van der Waals surface area contributed by atoms with Crippen LogP contribution in [0.5, 0.6) is 0 Å². The third-order valence-corrected chi connectivity index (χ3v) is 9.97. The van der Waals surface area contributed by atoms with Gasteiger partial charge in [0.05, 0.1) is 16.8 Å². The Hall–Kier alpha value is -1.91. The summed E-state index contributed by atoms with van der Waals surface area (Å²) < 4.78 is 1.12. The first-order chi connectivity index (χ1) is 16.1. The minimum Gasteiger partial charge on any atom is -0.369 e. The average Bonchev–Trinajstić information content (AvgIpc) is 3.54. The molecule has 174 valence electrons. The monoisotopic (exact) mass is 482 g/mol. The minimum absolute atomic E-state index is 0.258. The van der Waals surface area contributed by atoms with E-state index in [0.29, 0.717) is 18.6 Å². The number of aromatic nitrogens is 2. The molecule has 0 radical (unpaired) electrons. The molecule has 9 heteroatoms. The smallest absolute Gasteiger partial charge is 0.227 e. The summed E-state index contributed by atoms with van der Waals surface area (Å²) in [6, 6.07) is 2.88. The van der Waals surface area contributed by atoms with Crippen molar-refractivity contribution in [2.45, 2.75) is 50.7 Å². The molecule has 3 aliphatic rings. The van der Waals surface area contributed by atoms with Crippen molar-refractivity contribution in [1.29, 1.82) is 0 Å². The van der Waals surface area contributed by atoms with Crippen molar-refractivity contribution < 1.29 is 4.79 Å². The molecule has 0 bridgehead atoms. The van der Waals surface area contributed by atoms with E-state index in [1.165, 1.54) is 23.3 Å². The molecule has 1 amide bonds. The van der Waals surface area contributed by atoms with Crippen LogP contribution >= 0.6 is 22.7 Å². The van der Waals surface area contributed by atoms with Gasteiger partial charge in [0.2, 0.25) is 5.91 Å². The summed E-state index contributed by atoms with van der Waals surface area (Å²) >= 11 is 3.42. The van der Waals surface area contributed by atoms with E-state index in [1.807, 2.05) is 18.5 Å². The maximum atomic E-state index is 12.8. The number of carbonyl (C=O) groups excluding carboxylic acids is 1. The fourth-order valence-corrected chi connectivity index (χ4v) is 8.32. The lowest BCUT2D eigenvalue weighted by Gasteiger charge is -2.21. The molecule has 6 rings (SSSR count). The van der Waals surface area contributed by atoms with Gasteiger partial charge in [0, 0.05) is 46.7 Å². The quantitative estimate of drug-likeness (QED) is 0.431. The largest absolute Gasteiger partial charge is 0.369 e. The third-order valence-electron chi connectivity index (χ3n) is 7.57. The van der Waals surface area contributed by atoms with E-state index in [0.717, 1.165) is 63.6 Å². The highest BCUT2D eigenvalue weighted by Crippen LogP contribution is 2.45. The zero-order chi connectivity index (χ0) is 22.5. The molecule has 1 saturated carbocycles. The molecule has 5 N–H and O–H groups in total. The summed E-state index contributed by atoms with van der Waals surface area (Å²) in [5.74, 6) is 0.923. The molecule has 2 fully saturated rings. The number of carbonyl (C=O) groups is 1. The highest BCUT2D eigenvalue weighted by molar-refractivity contribution is 7.22. The van der Waals surface area contributed by atoms with E-state index in [-0.39, 0.29) is 11.8 Å². The molecule has 1 aliphatic carbocycles. The summed E-state index contributed by atoms with van der Waals surface area (Å²) in [6.07, 6.45) is 6.93. The average molecular weight is 483 g/mol. The molecular weight excluding hydrogens is 452 g/mol. The predicted octanol–water partition coefficient (Wildman–Crippen LogP) is 2.61. The Kier molecular flexibility index (Phi) is 5.70. The molecule has 1 saturated heterocycles. The van der Waals surface area contributed by atoms with Crippen LogP contribution in [0.15, 0.2) is 18.5 Å². The molecule has 33 heavy (non-hydrogen) atoms. The molecule has 2 aliphatic heterocycles. The topological polar surface area (TPSA) is 105 Å². The first kappa shape index (κ1) is 21.6. The van der Waals surface area contributed by atoms with Crippen LogP contribution in [0.4, 0.5) is 0 Å². The van der Waals surface area contributed by atoms with Crippen molar-refractivity contribution in [1.82, 2.24) is 25.9 Å². The number of thiophene rings is 1. The van der Waals surface area contributed by atoms with Gasteiger partial charge in [-0.3, -0.25) is 9.78 Å². The van der Waals surface area contributed by atoms with Crippen LogP contribution in [-0.4, -0.2) is 47.6 Å². The Morgan fingerprint density at radius 1 is 1.30 bits per heavy atom. The number of nitrogens with zero attached hydrogens (tertiary/aromatic N) is 2. The maximum Gasteiger partial charge on any atom is 0.227 e. The minimum atomic E-state index is -0.352.